The van der Waals surface area contributed by atoms with E-state index in [1.807, 2.05) is 44.2 Å². The number of aryl methyl sites for hydroxylation is 2. The molecule has 182 valence electrons. The maximum absolute atomic E-state index is 13.4. The molecule has 0 unspecified atom stereocenters. The number of alkyl halides is 3. The van der Waals surface area contributed by atoms with E-state index in [1.165, 1.54) is 0 Å². The zero-order chi connectivity index (χ0) is 25.2. The van der Waals surface area contributed by atoms with Crippen LogP contribution in [0.1, 0.15) is 16.7 Å². The molecule has 0 atom stereocenters. The van der Waals surface area contributed by atoms with E-state index in [0.29, 0.717) is 30.1 Å². The summed E-state index contributed by atoms with van der Waals surface area (Å²) in [5, 5.41) is 12.4. The molecule has 0 saturated heterocycles. The van der Waals surface area contributed by atoms with Gasteiger partial charge in [0.1, 0.15) is 11.6 Å². The van der Waals surface area contributed by atoms with E-state index in [0.717, 1.165) is 28.5 Å². The number of nitrogens with zero attached hydrogens (tertiary/aromatic N) is 3. The summed E-state index contributed by atoms with van der Waals surface area (Å²) in [5.74, 6) is -0.743. The van der Waals surface area contributed by atoms with Gasteiger partial charge in [0.15, 0.2) is 5.65 Å². The highest BCUT2D eigenvalue weighted by Gasteiger charge is 2.34. The van der Waals surface area contributed by atoms with Gasteiger partial charge >= 0.3 is 12.2 Å². The molecule has 3 N–H and O–H groups in total. The largest absolute Gasteiger partial charge is 0.419 e. The highest BCUT2D eigenvalue weighted by molar-refractivity contribution is 5.89. The van der Waals surface area contributed by atoms with Crippen LogP contribution in [0.4, 0.5) is 33.9 Å². The first-order chi connectivity index (χ1) is 16.6. The molecule has 4 rings (SSSR count). The van der Waals surface area contributed by atoms with Gasteiger partial charge in [-0.15, -0.1) is 0 Å². The number of aromatic nitrogens is 3. The van der Waals surface area contributed by atoms with Crippen molar-refractivity contribution in [2.24, 2.45) is 0 Å². The van der Waals surface area contributed by atoms with Crippen LogP contribution in [0, 0.1) is 19.7 Å². The second-order valence-electron chi connectivity index (χ2n) is 7.90. The lowest BCUT2D eigenvalue weighted by Gasteiger charge is -2.13. The van der Waals surface area contributed by atoms with Gasteiger partial charge in [-0.25, -0.2) is 14.2 Å². The molecule has 2 heterocycles. The van der Waals surface area contributed by atoms with E-state index >= 15 is 0 Å². The molecule has 4 aromatic rings. The van der Waals surface area contributed by atoms with Gasteiger partial charge < -0.3 is 16.0 Å². The van der Waals surface area contributed by atoms with E-state index in [1.54, 1.807) is 10.7 Å². The van der Waals surface area contributed by atoms with Crippen LogP contribution < -0.4 is 16.0 Å². The predicted octanol–water partition coefficient (Wildman–Crippen LogP) is 5.40. The van der Waals surface area contributed by atoms with Crippen molar-refractivity contribution in [1.82, 2.24) is 19.9 Å². The summed E-state index contributed by atoms with van der Waals surface area (Å²) in [6, 6.07) is 11.3. The van der Waals surface area contributed by atoms with Gasteiger partial charge in [0.2, 0.25) is 0 Å². The molecule has 0 aliphatic rings. The Labute approximate surface area is 198 Å². The van der Waals surface area contributed by atoms with E-state index in [4.69, 9.17) is 4.98 Å². The number of hydrogen-bond acceptors (Lipinski definition) is 4. The molecule has 0 fully saturated rings. The lowest BCUT2D eigenvalue weighted by Crippen LogP contribution is -2.33. The van der Waals surface area contributed by atoms with Gasteiger partial charge in [-0.1, -0.05) is 24.3 Å². The predicted molar refractivity (Wildman–Crippen MR) is 125 cm³/mol. The van der Waals surface area contributed by atoms with Crippen molar-refractivity contribution in [3.63, 3.8) is 0 Å². The van der Waals surface area contributed by atoms with Crippen molar-refractivity contribution in [2.45, 2.75) is 20.0 Å². The smallest absolute Gasteiger partial charge is 0.368 e. The molecule has 0 spiro atoms. The topological polar surface area (TPSA) is 83.3 Å². The second kappa shape index (κ2) is 9.61. The minimum absolute atomic E-state index is 0.156. The Bertz CT molecular complexity index is 1380. The quantitative estimate of drug-likeness (QED) is 0.252. The molecule has 0 saturated carbocycles. The lowest BCUT2D eigenvalue weighted by molar-refractivity contribution is -0.139. The standard InChI is InChI=1S/C24H22F4N6O/c1-14-5-3-4-6-17(14)20-12-21(34-22(33-20)15(2)13-31-34)29-9-10-30-23(35)32-16-7-8-19(25)18(11-16)24(26,27)28/h3-8,11-13,29H,9-10H2,1-2H3,(H2,30,32,35). The van der Waals surface area contributed by atoms with Crippen LogP contribution in [0.25, 0.3) is 16.9 Å². The van der Waals surface area contributed by atoms with Crippen molar-refractivity contribution in [1.29, 1.82) is 0 Å². The van der Waals surface area contributed by atoms with Crippen LogP contribution in [-0.2, 0) is 6.18 Å². The highest BCUT2D eigenvalue weighted by Crippen LogP contribution is 2.33. The third-order valence-electron chi connectivity index (χ3n) is 5.32. The van der Waals surface area contributed by atoms with Crippen molar-refractivity contribution in [3.8, 4) is 11.3 Å². The minimum Gasteiger partial charge on any atom is -0.368 e. The Balaban J connectivity index is 1.42. The first-order valence-corrected chi connectivity index (χ1v) is 10.7. The number of benzene rings is 2. The Kier molecular flexibility index (Phi) is 6.59. The molecule has 0 aliphatic carbocycles. The summed E-state index contributed by atoms with van der Waals surface area (Å²) in [7, 11) is 0. The summed E-state index contributed by atoms with van der Waals surface area (Å²) >= 11 is 0. The third kappa shape index (κ3) is 5.34. The maximum Gasteiger partial charge on any atom is 0.419 e. The number of carbonyl (C=O) groups is 1. The van der Waals surface area contributed by atoms with Crippen molar-refractivity contribution in [2.75, 3.05) is 23.7 Å². The van der Waals surface area contributed by atoms with Crippen molar-refractivity contribution >= 4 is 23.2 Å². The Morgan fingerprint density at radius 3 is 2.54 bits per heavy atom. The number of urea groups is 1. The van der Waals surface area contributed by atoms with E-state index in [2.05, 4.69) is 21.0 Å². The van der Waals surface area contributed by atoms with Crippen LogP contribution in [-0.4, -0.2) is 33.7 Å². The number of halogens is 4. The van der Waals surface area contributed by atoms with Gasteiger partial charge in [0.05, 0.1) is 17.5 Å². The van der Waals surface area contributed by atoms with Gasteiger partial charge in [-0.05, 0) is 37.6 Å². The van der Waals surface area contributed by atoms with Crippen molar-refractivity contribution in [3.05, 3.63) is 77.2 Å². The molecule has 2 aromatic heterocycles. The van der Waals surface area contributed by atoms with Crippen LogP contribution in [0.5, 0.6) is 0 Å². The van der Waals surface area contributed by atoms with E-state index in [9.17, 15) is 22.4 Å². The van der Waals surface area contributed by atoms with Crippen molar-refractivity contribution < 1.29 is 22.4 Å². The molecule has 35 heavy (non-hydrogen) atoms. The highest BCUT2D eigenvalue weighted by atomic mass is 19.4. The molecular formula is C24H22F4N6O. The summed E-state index contributed by atoms with van der Waals surface area (Å²) < 4.78 is 53.7. The van der Waals surface area contributed by atoms with Gasteiger partial charge in [-0.2, -0.15) is 22.8 Å². The first-order valence-electron chi connectivity index (χ1n) is 10.7. The Morgan fingerprint density at radius 2 is 1.80 bits per heavy atom. The van der Waals surface area contributed by atoms with Crippen LogP contribution in [0.15, 0.2) is 54.7 Å². The Morgan fingerprint density at radius 1 is 1.03 bits per heavy atom. The summed E-state index contributed by atoms with van der Waals surface area (Å²) in [4.78, 5) is 16.8. The number of fused-ring (bicyclic) bond motifs is 1. The SMILES string of the molecule is Cc1ccccc1-c1cc(NCCNC(=O)Nc2ccc(F)c(C(F)(F)F)c2)n2ncc(C)c2n1. The fourth-order valence-corrected chi connectivity index (χ4v) is 3.56. The molecule has 2 aromatic carbocycles. The zero-order valence-corrected chi connectivity index (χ0v) is 18.9. The average molecular weight is 486 g/mol. The van der Waals surface area contributed by atoms with Gasteiger partial charge in [0, 0.05) is 36.0 Å². The van der Waals surface area contributed by atoms with Crippen LogP contribution >= 0.6 is 0 Å². The maximum atomic E-state index is 13.4. The molecule has 0 aliphatic heterocycles. The summed E-state index contributed by atoms with van der Waals surface area (Å²) in [6.07, 6.45) is -3.15. The lowest BCUT2D eigenvalue weighted by atomic mass is 10.1. The molecule has 0 radical (unpaired) electrons. The molecule has 11 heteroatoms. The fraction of sp³-hybridized carbons (Fsp3) is 0.208. The number of rotatable bonds is 6. The third-order valence-corrected chi connectivity index (χ3v) is 5.32. The second-order valence-corrected chi connectivity index (χ2v) is 7.90. The van der Waals surface area contributed by atoms with Crippen LogP contribution in [0.2, 0.25) is 0 Å². The zero-order valence-electron chi connectivity index (χ0n) is 18.9. The number of carbonyl (C=O) groups excluding carboxylic acids is 1. The Hall–Kier alpha value is -4.15. The summed E-state index contributed by atoms with van der Waals surface area (Å²) in [6.45, 7) is 4.37. The number of nitrogens with one attached hydrogen (secondary N) is 3. The number of anilines is 2. The normalized spacial score (nSPS) is 11.5. The minimum atomic E-state index is -4.86. The number of amides is 2. The molecule has 0 bridgehead atoms. The fourth-order valence-electron chi connectivity index (χ4n) is 3.56. The first kappa shape index (κ1) is 24.0. The summed E-state index contributed by atoms with van der Waals surface area (Å²) in [5.41, 5.74) is 2.79. The molecular weight excluding hydrogens is 464 g/mol. The monoisotopic (exact) mass is 486 g/mol. The average Bonchev–Trinajstić information content (AvgIpc) is 3.18. The van der Waals surface area contributed by atoms with E-state index < -0.39 is 23.6 Å². The molecule has 7 nitrogen and oxygen atoms in total. The van der Waals surface area contributed by atoms with Gasteiger partial charge in [-0.3, -0.25) is 0 Å². The van der Waals surface area contributed by atoms with Gasteiger partial charge in [0.25, 0.3) is 0 Å². The van der Waals surface area contributed by atoms with Crippen LogP contribution in [0.3, 0.4) is 0 Å². The van der Waals surface area contributed by atoms with E-state index in [-0.39, 0.29) is 12.2 Å². The molecule has 2 amide bonds. The number of hydrogen-bond donors (Lipinski definition) is 3.